The summed E-state index contributed by atoms with van der Waals surface area (Å²) >= 11 is 3.12. The zero-order valence-electron chi connectivity index (χ0n) is 10.6. The highest BCUT2D eigenvalue weighted by molar-refractivity contribution is 9.10. The molecule has 0 spiro atoms. The van der Waals surface area contributed by atoms with E-state index >= 15 is 0 Å². The van der Waals surface area contributed by atoms with Crippen molar-refractivity contribution in [3.8, 4) is 0 Å². The SMILES string of the molecule is CNCC1CCN(S(=O)(=O)c2ccc(Br)cc2F)C1. The highest BCUT2D eigenvalue weighted by Crippen LogP contribution is 2.27. The molecular formula is C12H16BrFN2O2S. The zero-order chi connectivity index (χ0) is 14.0. The molecule has 19 heavy (non-hydrogen) atoms. The van der Waals surface area contributed by atoms with Crippen LogP contribution in [-0.4, -0.2) is 39.4 Å². The van der Waals surface area contributed by atoms with Gasteiger partial charge in [0, 0.05) is 17.6 Å². The first kappa shape index (κ1) is 14.9. The van der Waals surface area contributed by atoms with Crippen molar-refractivity contribution in [3.05, 3.63) is 28.5 Å². The van der Waals surface area contributed by atoms with Gasteiger partial charge in [-0.1, -0.05) is 15.9 Å². The third kappa shape index (κ3) is 3.16. The summed E-state index contributed by atoms with van der Waals surface area (Å²) in [4.78, 5) is -0.249. The maximum atomic E-state index is 13.8. The normalized spacial score (nSPS) is 20.9. The van der Waals surface area contributed by atoms with Crippen molar-refractivity contribution in [1.82, 2.24) is 9.62 Å². The van der Waals surface area contributed by atoms with Crippen LogP contribution in [0.3, 0.4) is 0 Å². The fourth-order valence-electron chi connectivity index (χ4n) is 2.29. The Morgan fingerprint density at radius 3 is 2.89 bits per heavy atom. The largest absolute Gasteiger partial charge is 0.319 e. The van der Waals surface area contributed by atoms with Crippen LogP contribution in [0.5, 0.6) is 0 Å². The number of nitrogens with zero attached hydrogens (tertiary/aromatic N) is 1. The van der Waals surface area contributed by atoms with Crippen LogP contribution in [0.25, 0.3) is 0 Å². The molecule has 1 heterocycles. The molecule has 0 saturated carbocycles. The summed E-state index contributed by atoms with van der Waals surface area (Å²) in [5.41, 5.74) is 0. The summed E-state index contributed by atoms with van der Waals surface area (Å²) in [6.45, 7) is 1.66. The first-order valence-electron chi connectivity index (χ1n) is 6.05. The van der Waals surface area contributed by atoms with Crippen molar-refractivity contribution in [2.45, 2.75) is 11.3 Å². The predicted octanol–water partition coefficient (Wildman–Crippen LogP) is 1.82. The van der Waals surface area contributed by atoms with E-state index in [1.807, 2.05) is 7.05 Å². The van der Waals surface area contributed by atoms with Crippen LogP contribution in [0, 0.1) is 11.7 Å². The van der Waals surface area contributed by atoms with E-state index < -0.39 is 15.8 Å². The van der Waals surface area contributed by atoms with E-state index in [0.29, 0.717) is 23.5 Å². The molecule has 1 aliphatic rings. The Hall–Kier alpha value is -0.500. The minimum absolute atomic E-state index is 0.249. The van der Waals surface area contributed by atoms with Crippen LogP contribution < -0.4 is 5.32 Å². The van der Waals surface area contributed by atoms with Crippen molar-refractivity contribution < 1.29 is 12.8 Å². The monoisotopic (exact) mass is 350 g/mol. The van der Waals surface area contributed by atoms with E-state index in [4.69, 9.17) is 0 Å². The maximum absolute atomic E-state index is 13.8. The first-order valence-corrected chi connectivity index (χ1v) is 8.28. The molecule has 0 radical (unpaired) electrons. The van der Waals surface area contributed by atoms with Crippen LogP contribution in [0.4, 0.5) is 4.39 Å². The van der Waals surface area contributed by atoms with E-state index in [9.17, 15) is 12.8 Å². The Labute approximate surface area is 121 Å². The molecule has 4 nitrogen and oxygen atoms in total. The van der Waals surface area contributed by atoms with Crippen molar-refractivity contribution in [2.24, 2.45) is 5.92 Å². The van der Waals surface area contributed by atoms with Gasteiger partial charge in [0.15, 0.2) is 0 Å². The van der Waals surface area contributed by atoms with Crippen LogP contribution in [0.1, 0.15) is 6.42 Å². The van der Waals surface area contributed by atoms with Crippen LogP contribution in [0.2, 0.25) is 0 Å². The van der Waals surface area contributed by atoms with Crippen molar-refractivity contribution in [1.29, 1.82) is 0 Å². The quantitative estimate of drug-likeness (QED) is 0.900. The molecular weight excluding hydrogens is 335 g/mol. The second-order valence-electron chi connectivity index (χ2n) is 4.65. The molecule has 0 amide bonds. The molecule has 2 rings (SSSR count). The van der Waals surface area contributed by atoms with Gasteiger partial charge in [0.05, 0.1) is 0 Å². The number of hydrogen-bond donors (Lipinski definition) is 1. The van der Waals surface area contributed by atoms with E-state index in [0.717, 1.165) is 13.0 Å². The van der Waals surface area contributed by atoms with E-state index in [1.54, 1.807) is 0 Å². The number of rotatable bonds is 4. The highest BCUT2D eigenvalue weighted by Gasteiger charge is 2.33. The Kier molecular flexibility index (Phi) is 4.60. The standard InChI is InChI=1S/C12H16BrFN2O2S/c1-15-7-9-4-5-16(8-9)19(17,18)12-3-2-10(13)6-11(12)14/h2-3,6,9,15H,4-5,7-8H2,1H3. The fourth-order valence-corrected chi connectivity index (χ4v) is 4.20. The minimum Gasteiger partial charge on any atom is -0.319 e. The number of nitrogens with one attached hydrogen (secondary N) is 1. The Morgan fingerprint density at radius 1 is 1.53 bits per heavy atom. The van der Waals surface area contributed by atoms with Gasteiger partial charge in [-0.25, -0.2) is 12.8 Å². The van der Waals surface area contributed by atoms with Gasteiger partial charge in [0.25, 0.3) is 0 Å². The van der Waals surface area contributed by atoms with Crippen molar-refractivity contribution >= 4 is 26.0 Å². The van der Waals surface area contributed by atoms with Gasteiger partial charge in [-0.15, -0.1) is 0 Å². The smallest absolute Gasteiger partial charge is 0.245 e. The second kappa shape index (κ2) is 5.87. The van der Waals surface area contributed by atoms with Crippen LogP contribution in [0.15, 0.2) is 27.6 Å². The summed E-state index contributed by atoms with van der Waals surface area (Å²) in [5, 5.41) is 3.04. The van der Waals surface area contributed by atoms with Gasteiger partial charge in [-0.05, 0) is 44.1 Å². The summed E-state index contributed by atoms with van der Waals surface area (Å²) in [6, 6.07) is 4.02. The molecule has 0 bridgehead atoms. The molecule has 0 aromatic heterocycles. The number of hydrogen-bond acceptors (Lipinski definition) is 3. The molecule has 1 N–H and O–H groups in total. The molecule has 1 aromatic carbocycles. The second-order valence-corrected chi connectivity index (χ2v) is 7.47. The Balaban J connectivity index is 2.23. The fraction of sp³-hybridized carbons (Fsp3) is 0.500. The Morgan fingerprint density at radius 2 is 2.26 bits per heavy atom. The highest BCUT2D eigenvalue weighted by atomic mass is 79.9. The molecule has 1 unspecified atom stereocenters. The topological polar surface area (TPSA) is 49.4 Å². The van der Waals surface area contributed by atoms with Gasteiger partial charge in [0.2, 0.25) is 10.0 Å². The first-order chi connectivity index (χ1) is 8.95. The number of benzene rings is 1. The lowest BCUT2D eigenvalue weighted by Gasteiger charge is -2.17. The van der Waals surface area contributed by atoms with E-state index in [1.165, 1.54) is 22.5 Å². The summed E-state index contributed by atoms with van der Waals surface area (Å²) in [5.74, 6) is -0.426. The lowest BCUT2D eigenvalue weighted by molar-refractivity contribution is 0.446. The van der Waals surface area contributed by atoms with Gasteiger partial charge in [-0.2, -0.15) is 4.31 Å². The average Bonchev–Trinajstić information content (AvgIpc) is 2.78. The van der Waals surface area contributed by atoms with Crippen LogP contribution >= 0.6 is 15.9 Å². The van der Waals surface area contributed by atoms with Gasteiger partial charge in [-0.3, -0.25) is 0 Å². The van der Waals surface area contributed by atoms with Gasteiger partial charge in [0.1, 0.15) is 10.7 Å². The Bertz CT molecular complexity index is 565. The molecule has 1 fully saturated rings. The number of sulfonamides is 1. The summed E-state index contributed by atoms with van der Waals surface area (Å²) < 4.78 is 40.4. The molecule has 1 aromatic rings. The lowest BCUT2D eigenvalue weighted by Crippen LogP contribution is -2.31. The third-order valence-electron chi connectivity index (χ3n) is 3.25. The van der Waals surface area contributed by atoms with Crippen molar-refractivity contribution in [2.75, 3.05) is 26.7 Å². The van der Waals surface area contributed by atoms with Gasteiger partial charge < -0.3 is 5.32 Å². The van der Waals surface area contributed by atoms with Crippen LogP contribution in [-0.2, 0) is 10.0 Å². The molecule has 1 atom stereocenters. The average molecular weight is 351 g/mol. The molecule has 7 heteroatoms. The lowest BCUT2D eigenvalue weighted by atomic mass is 10.1. The molecule has 106 valence electrons. The summed E-state index contributed by atoms with van der Waals surface area (Å²) in [6.07, 6.45) is 0.804. The van der Waals surface area contributed by atoms with E-state index in [-0.39, 0.29) is 4.90 Å². The molecule has 0 aliphatic carbocycles. The molecule has 1 saturated heterocycles. The maximum Gasteiger partial charge on any atom is 0.245 e. The minimum atomic E-state index is -3.73. The van der Waals surface area contributed by atoms with Gasteiger partial charge >= 0.3 is 0 Å². The van der Waals surface area contributed by atoms with Crippen molar-refractivity contribution in [3.63, 3.8) is 0 Å². The zero-order valence-corrected chi connectivity index (χ0v) is 13.0. The van der Waals surface area contributed by atoms with E-state index in [2.05, 4.69) is 21.2 Å². The predicted molar refractivity (Wildman–Crippen MR) is 74.9 cm³/mol. The molecule has 1 aliphatic heterocycles. The summed E-state index contributed by atoms with van der Waals surface area (Å²) in [7, 11) is -1.89. The third-order valence-corrected chi connectivity index (χ3v) is 5.64. The number of halogens is 2.